The molecule has 1 nitrogen and oxygen atoms in total. The Balaban J connectivity index is 1.97. The SMILES string of the molecule is CC1CC1C(=O)Cc1ccc(Br)cc1. The highest BCUT2D eigenvalue weighted by atomic mass is 79.9. The van der Waals surface area contributed by atoms with Gasteiger partial charge in [-0.2, -0.15) is 0 Å². The molecule has 0 aromatic heterocycles. The van der Waals surface area contributed by atoms with Crippen LogP contribution in [0.1, 0.15) is 18.9 Å². The molecule has 2 heteroatoms. The van der Waals surface area contributed by atoms with Gasteiger partial charge in [0, 0.05) is 16.8 Å². The number of hydrogen-bond donors (Lipinski definition) is 0. The molecule has 1 aromatic carbocycles. The predicted molar refractivity (Wildman–Crippen MR) is 60.1 cm³/mol. The quantitative estimate of drug-likeness (QED) is 0.808. The lowest BCUT2D eigenvalue weighted by molar-refractivity contribution is -0.119. The average Bonchev–Trinajstić information content (AvgIpc) is 2.87. The highest BCUT2D eigenvalue weighted by Gasteiger charge is 2.38. The van der Waals surface area contributed by atoms with E-state index in [0.717, 1.165) is 16.5 Å². The molecule has 0 aliphatic heterocycles. The van der Waals surface area contributed by atoms with E-state index in [1.807, 2.05) is 24.3 Å². The van der Waals surface area contributed by atoms with Gasteiger partial charge >= 0.3 is 0 Å². The van der Waals surface area contributed by atoms with E-state index in [9.17, 15) is 4.79 Å². The first-order chi connectivity index (χ1) is 6.66. The number of Topliss-reactive ketones (excluding diaryl/α,β-unsaturated/α-hetero) is 1. The molecule has 0 radical (unpaired) electrons. The van der Waals surface area contributed by atoms with Crippen molar-refractivity contribution in [3.8, 4) is 0 Å². The second-order valence-corrected chi connectivity index (χ2v) is 5.00. The number of carbonyl (C=O) groups is 1. The summed E-state index contributed by atoms with van der Waals surface area (Å²) in [6.45, 7) is 2.14. The van der Waals surface area contributed by atoms with E-state index in [1.54, 1.807) is 0 Å². The molecule has 0 N–H and O–H groups in total. The maximum absolute atomic E-state index is 11.7. The third-order valence-corrected chi connectivity index (χ3v) is 3.34. The fraction of sp³-hybridized carbons (Fsp3) is 0.417. The molecule has 1 saturated carbocycles. The minimum absolute atomic E-state index is 0.346. The lowest BCUT2D eigenvalue weighted by Gasteiger charge is -1.99. The summed E-state index contributed by atoms with van der Waals surface area (Å²) in [4.78, 5) is 11.7. The number of benzene rings is 1. The van der Waals surface area contributed by atoms with Crippen molar-refractivity contribution in [2.24, 2.45) is 11.8 Å². The molecule has 2 atom stereocenters. The Morgan fingerprint density at radius 3 is 2.50 bits per heavy atom. The van der Waals surface area contributed by atoms with Crippen molar-refractivity contribution in [3.63, 3.8) is 0 Å². The highest BCUT2D eigenvalue weighted by molar-refractivity contribution is 9.10. The summed E-state index contributed by atoms with van der Waals surface area (Å²) >= 11 is 3.38. The smallest absolute Gasteiger partial charge is 0.140 e. The standard InChI is InChI=1S/C12H13BrO/c1-8-6-11(8)12(14)7-9-2-4-10(13)5-3-9/h2-5,8,11H,6-7H2,1H3. The van der Waals surface area contributed by atoms with Gasteiger partial charge in [0.2, 0.25) is 0 Å². The second-order valence-electron chi connectivity index (χ2n) is 4.09. The molecule has 0 amide bonds. The van der Waals surface area contributed by atoms with E-state index in [0.29, 0.717) is 24.0 Å². The van der Waals surface area contributed by atoms with E-state index in [2.05, 4.69) is 22.9 Å². The van der Waals surface area contributed by atoms with Gasteiger partial charge in [-0.3, -0.25) is 4.79 Å². The van der Waals surface area contributed by atoms with Gasteiger partial charge in [-0.05, 0) is 30.0 Å². The largest absolute Gasteiger partial charge is 0.299 e. The Morgan fingerprint density at radius 2 is 2.00 bits per heavy atom. The first kappa shape index (κ1) is 9.91. The van der Waals surface area contributed by atoms with Gasteiger partial charge in [0.1, 0.15) is 5.78 Å². The van der Waals surface area contributed by atoms with Gasteiger partial charge in [0.15, 0.2) is 0 Å². The Labute approximate surface area is 92.6 Å². The van der Waals surface area contributed by atoms with Crippen molar-refractivity contribution in [2.45, 2.75) is 19.8 Å². The van der Waals surface area contributed by atoms with Gasteiger partial charge in [-0.15, -0.1) is 0 Å². The molecule has 1 aromatic rings. The maximum Gasteiger partial charge on any atom is 0.140 e. The summed E-state index contributed by atoms with van der Waals surface area (Å²) in [7, 11) is 0. The fourth-order valence-corrected chi connectivity index (χ4v) is 1.97. The monoisotopic (exact) mass is 252 g/mol. The number of hydrogen-bond acceptors (Lipinski definition) is 1. The molecule has 2 rings (SSSR count). The Kier molecular flexibility index (Phi) is 2.73. The molecule has 0 saturated heterocycles. The Bertz CT molecular complexity index is 342. The Morgan fingerprint density at radius 1 is 1.43 bits per heavy atom. The summed E-state index contributed by atoms with van der Waals surface area (Å²) < 4.78 is 1.06. The van der Waals surface area contributed by atoms with Crippen LogP contribution in [-0.2, 0) is 11.2 Å². The molecule has 14 heavy (non-hydrogen) atoms. The molecule has 1 aliphatic carbocycles. The molecular formula is C12H13BrO. The van der Waals surface area contributed by atoms with E-state index in [4.69, 9.17) is 0 Å². The van der Waals surface area contributed by atoms with Crippen LogP contribution in [0.3, 0.4) is 0 Å². The summed E-state index contributed by atoms with van der Waals surface area (Å²) in [5.74, 6) is 1.37. The lowest BCUT2D eigenvalue weighted by Crippen LogP contribution is -2.05. The first-order valence-electron chi connectivity index (χ1n) is 4.94. The van der Waals surface area contributed by atoms with Crippen molar-refractivity contribution in [2.75, 3.05) is 0 Å². The van der Waals surface area contributed by atoms with Crippen LogP contribution in [0, 0.1) is 11.8 Å². The highest BCUT2D eigenvalue weighted by Crippen LogP contribution is 2.39. The summed E-state index contributed by atoms with van der Waals surface area (Å²) in [6.07, 6.45) is 1.69. The third-order valence-electron chi connectivity index (χ3n) is 2.81. The zero-order chi connectivity index (χ0) is 10.1. The van der Waals surface area contributed by atoms with E-state index < -0.39 is 0 Å². The van der Waals surface area contributed by atoms with Gasteiger partial charge in [-0.25, -0.2) is 0 Å². The van der Waals surface area contributed by atoms with Crippen LogP contribution in [0.25, 0.3) is 0 Å². The predicted octanol–water partition coefficient (Wildman–Crippen LogP) is 3.22. The zero-order valence-electron chi connectivity index (χ0n) is 8.16. The molecular weight excluding hydrogens is 240 g/mol. The normalized spacial score (nSPS) is 24.7. The average molecular weight is 253 g/mol. The van der Waals surface area contributed by atoms with Crippen LogP contribution in [0.4, 0.5) is 0 Å². The first-order valence-corrected chi connectivity index (χ1v) is 5.73. The van der Waals surface area contributed by atoms with Crippen LogP contribution in [-0.4, -0.2) is 5.78 Å². The third kappa shape index (κ3) is 2.24. The van der Waals surface area contributed by atoms with E-state index in [-0.39, 0.29) is 0 Å². The molecule has 1 aliphatic rings. The van der Waals surface area contributed by atoms with Gasteiger partial charge in [-0.1, -0.05) is 35.0 Å². The number of rotatable bonds is 3. The van der Waals surface area contributed by atoms with Crippen molar-refractivity contribution in [3.05, 3.63) is 34.3 Å². The number of halogens is 1. The molecule has 1 fully saturated rings. The van der Waals surface area contributed by atoms with Crippen LogP contribution < -0.4 is 0 Å². The van der Waals surface area contributed by atoms with Crippen molar-refractivity contribution >= 4 is 21.7 Å². The van der Waals surface area contributed by atoms with Crippen LogP contribution in [0.15, 0.2) is 28.7 Å². The van der Waals surface area contributed by atoms with Crippen LogP contribution in [0.5, 0.6) is 0 Å². The molecule has 0 spiro atoms. The maximum atomic E-state index is 11.7. The molecule has 2 unspecified atom stereocenters. The molecule has 0 heterocycles. The van der Waals surface area contributed by atoms with Crippen molar-refractivity contribution < 1.29 is 4.79 Å². The molecule has 0 bridgehead atoms. The van der Waals surface area contributed by atoms with E-state index >= 15 is 0 Å². The number of ketones is 1. The summed E-state index contributed by atoms with van der Waals surface area (Å²) in [6, 6.07) is 7.99. The van der Waals surface area contributed by atoms with Gasteiger partial charge in [0.25, 0.3) is 0 Å². The summed E-state index contributed by atoms with van der Waals surface area (Å²) in [5, 5.41) is 0. The van der Waals surface area contributed by atoms with E-state index in [1.165, 1.54) is 0 Å². The van der Waals surface area contributed by atoms with Gasteiger partial charge in [0.05, 0.1) is 0 Å². The fourth-order valence-electron chi connectivity index (χ4n) is 1.71. The van der Waals surface area contributed by atoms with Crippen LogP contribution in [0.2, 0.25) is 0 Å². The van der Waals surface area contributed by atoms with Crippen LogP contribution >= 0.6 is 15.9 Å². The Hall–Kier alpha value is -0.630. The minimum Gasteiger partial charge on any atom is -0.299 e. The van der Waals surface area contributed by atoms with Crippen molar-refractivity contribution in [1.82, 2.24) is 0 Å². The van der Waals surface area contributed by atoms with Gasteiger partial charge < -0.3 is 0 Å². The topological polar surface area (TPSA) is 17.1 Å². The lowest BCUT2D eigenvalue weighted by atomic mass is 10.1. The zero-order valence-corrected chi connectivity index (χ0v) is 9.75. The summed E-state index contributed by atoms with van der Waals surface area (Å²) in [5.41, 5.74) is 1.12. The molecule has 74 valence electrons. The number of carbonyl (C=O) groups excluding carboxylic acids is 1. The minimum atomic E-state index is 0.346. The van der Waals surface area contributed by atoms with Crippen molar-refractivity contribution in [1.29, 1.82) is 0 Å². The second kappa shape index (κ2) is 3.85.